The fourth-order valence-electron chi connectivity index (χ4n) is 3.51. The van der Waals surface area contributed by atoms with Crippen LogP contribution in [0.4, 0.5) is 11.5 Å². The number of nitrogen functional groups attached to an aromatic ring is 1. The first-order valence-corrected chi connectivity index (χ1v) is 10.7. The van der Waals surface area contributed by atoms with Gasteiger partial charge in [-0.05, 0) is 29.5 Å². The number of para-hydroxylation sites is 1. The van der Waals surface area contributed by atoms with E-state index in [2.05, 4.69) is 10.1 Å². The van der Waals surface area contributed by atoms with Gasteiger partial charge in [0.05, 0.1) is 18.3 Å². The molecular weight excluding hydrogens is 408 g/mol. The van der Waals surface area contributed by atoms with Crippen LogP contribution in [0.5, 0.6) is 0 Å². The lowest BCUT2D eigenvalue weighted by Crippen LogP contribution is -2.43. The maximum Gasteiger partial charge on any atom is 0.330 e. The number of hydrogen-bond donors (Lipinski definition) is 2. The highest BCUT2D eigenvalue weighted by Gasteiger charge is 2.25. The average molecular weight is 439 g/mol. The number of nitrogens with two attached hydrogens (primary N) is 1. The average Bonchev–Trinajstić information content (AvgIpc) is 3.19. The minimum absolute atomic E-state index is 0.00132. The number of nitrogens with one attached hydrogen (secondary N) is 1. The molecule has 3 aromatic rings. The maximum absolute atomic E-state index is 13.3. The molecule has 1 aromatic carbocycles. The van der Waals surface area contributed by atoms with E-state index in [4.69, 9.17) is 5.73 Å². The first-order chi connectivity index (χ1) is 15.2. The monoisotopic (exact) mass is 438 g/mol. The highest BCUT2D eigenvalue weighted by molar-refractivity contribution is 5.96. The smallest absolute Gasteiger partial charge is 0.330 e. The number of carbonyl (C=O) groups excluding carboxylic acids is 1. The van der Waals surface area contributed by atoms with E-state index in [1.165, 1.54) is 9.47 Å². The van der Waals surface area contributed by atoms with Gasteiger partial charge in [-0.3, -0.25) is 19.1 Å². The lowest BCUT2D eigenvalue weighted by Gasteiger charge is -2.26. The Morgan fingerprint density at radius 3 is 2.44 bits per heavy atom. The standard InChI is InChI=1S/C23H30N6O3/c1-15(2)12-27(20-21(24)28(13-16(3)4)23(32)26-22(20)31)19(30)10-17-11-25-29(14-17)18-8-6-5-7-9-18/h5-9,11,14-16H,10,12-13,24H2,1-4H3,(H,26,31,32). The van der Waals surface area contributed by atoms with Gasteiger partial charge in [-0.15, -0.1) is 0 Å². The van der Waals surface area contributed by atoms with Crippen LogP contribution in [0.2, 0.25) is 0 Å². The van der Waals surface area contributed by atoms with E-state index in [-0.39, 0.29) is 35.7 Å². The maximum atomic E-state index is 13.3. The summed E-state index contributed by atoms with van der Waals surface area (Å²) in [6.45, 7) is 8.40. The molecule has 0 fully saturated rings. The van der Waals surface area contributed by atoms with Crippen LogP contribution in [0.25, 0.3) is 5.69 Å². The number of rotatable bonds is 8. The summed E-state index contributed by atoms with van der Waals surface area (Å²) < 4.78 is 3.01. The number of benzene rings is 1. The number of H-pyrrole nitrogens is 1. The van der Waals surface area contributed by atoms with E-state index >= 15 is 0 Å². The molecule has 9 heteroatoms. The van der Waals surface area contributed by atoms with Gasteiger partial charge in [0.15, 0.2) is 5.69 Å². The molecule has 0 saturated heterocycles. The van der Waals surface area contributed by atoms with Crippen molar-refractivity contribution >= 4 is 17.4 Å². The van der Waals surface area contributed by atoms with Crippen LogP contribution in [0.3, 0.4) is 0 Å². The van der Waals surface area contributed by atoms with E-state index in [0.29, 0.717) is 18.7 Å². The lowest BCUT2D eigenvalue weighted by molar-refractivity contribution is -0.118. The summed E-state index contributed by atoms with van der Waals surface area (Å²) in [5.74, 6) is -0.0817. The molecular formula is C23H30N6O3. The van der Waals surface area contributed by atoms with Crippen LogP contribution < -0.4 is 21.9 Å². The number of carbonyl (C=O) groups is 1. The minimum atomic E-state index is -0.665. The summed E-state index contributed by atoms with van der Waals surface area (Å²) in [7, 11) is 0. The Bertz CT molecular complexity index is 1190. The molecule has 170 valence electrons. The van der Waals surface area contributed by atoms with Crippen molar-refractivity contribution in [3.05, 3.63) is 69.1 Å². The molecule has 2 heterocycles. The molecule has 2 aromatic heterocycles. The summed E-state index contributed by atoms with van der Waals surface area (Å²) in [5, 5.41) is 4.33. The van der Waals surface area contributed by atoms with Crippen molar-refractivity contribution in [1.29, 1.82) is 0 Å². The van der Waals surface area contributed by atoms with E-state index in [1.54, 1.807) is 17.1 Å². The molecule has 0 radical (unpaired) electrons. The van der Waals surface area contributed by atoms with Crippen molar-refractivity contribution in [3.8, 4) is 5.69 Å². The lowest BCUT2D eigenvalue weighted by atomic mass is 10.1. The van der Waals surface area contributed by atoms with Crippen molar-refractivity contribution in [2.24, 2.45) is 11.8 Å². The third-order valence-corrected chi connectivity index (χ3v) is 4.89. The van der Waals surface area contributed by atoms with Crippen LogP contribution in [0.15, 0.2) is 52.3 Å². The molecule has 0 spiro atoms. The van der Waals surface area contributed by atoms with Gasteiger partial charge in [0.25, 0.3) is 5.56 Å². The molecule has 0 aliphatic heterocycles. The Labute approximate surface area is 186 Å². The highest BCUT2D eigenvalue weighted by atomic mass is 16.2. The second-order valence-corrected chi connectivity index (χ2v) is 8.70. The zero-order chi connectivity index (χ0) is 23.4. The molecule has 0 bridgehead atoms. The summed E-state index contributed by atoms with van der Waals surface area (Å²) in [5.41, 5.74) is 6.61. The predicted octanol–water partition coefficient (Wildman–Crippen LogP) is 2.19. The zero-order valence-corrected chi connectivity index (χ0v) is 18.9. The quantitative estimate of drug-likeness (QED) is 0.559. The van der Waals surface area contributed by atoms with Crippen molar-refractivity contribution in [1.82, 2.24) is 19.3 Å². The van der Waals surface area contributed by atoms with Gasteiger partial charge in [0.1, 0.15) is 5.82 Å². The van der Waals surface area contributed by atoms with Gasteiger partial charge in [-0.25, -0.2) is 9.48 Å². The molecule has 9 nitrogen and oxygen atoms in total. The molecule has 0 saturated carbocycles. The third-order valence-electron chi connectivity index (χ3n) is 4.89. The molecule has 0 aliphatic carbocycles. The van der Waals surface area contributed by atoms with Gasteiger partial charge in [-0.1, -0.05) is 45.9 Å². The van der Waals surface area contributed by atoms with E-state index in [0.717, 1.165) is 5.69 Å². The molecule has 3 rings (SSSR count). The summed E-state index contributed by atoms with van der Waals surface area (Å²) in [6, 6.07) is 9.58. The Kier molecular flexibility index (Phi) is 6.97. The number of aromatic amines is 1. The van der Waals surface area contributed by atoms with Crippen molar-refractivity contribution in [3.63, 3.8) is 0 Å². The minimum Gasteiger partial charge on any atom is -0.383 e. The van der Waals surface area contributed by atoms with Gasteiger partial charge < -0.3 is 10.6 Å². The number of nitrogens with zero attached hydrogens (tertiary/aromatic N) is 4. The molecule has 0 aliphatic rings. The second-order valence-electron chi connectivity index (χ2n) is 8.70. The second kappa shape index (κ2) is 9.67. The van der Waals surface area contributed by atoms with Crippen LogP contribution in [0.1, 0.15) is 33.3 Å². The topological polar surface area (TPSA) is 119 Å². The first kappa shape index (κ1) is 23.1. The van der Waals surface area contributed by atoms with E-state index in [1.807, 2.05) is 58.0 Å². The predicted molar refractivity (Wildman–Crippen MR) is 125 cm³/mol. The summed E-state index contributed by atoms with van der Waals surface area (Å²) in [4.78, 5) is 42.0. The molecule has 1 amide bonds. The summed E-state index contributed by atoms with van der Waals surface area (Å²) in [6.07, 6.45) is 3.46. The molecule has 3 N–H and O–H groups in total. The zero-order valence-electron chi connectivity index (χ0n) is 18.9. The van der Waals surface area contributed by atoms with E-state index in [9.17, 15) is 14.4 Å². The van der Waals surface area contributed by atoms with Crippen molar-refractivity contribution in [2.75, 3.05) is 17.2 Å². The summed E-state index contributed by atoms with van der Waals surface area (Å²) >= 11 is 0. The van der Waals surface area contributed by atoms with Gasteiger partial charge >= 0.3 is 5.69 Å². The molecule has 0 atom stereocenters. The van der Waals surface area contributed by atoms with Crippen molar-refractivity contribution < 1.29 is 4.79 Å². The van der Waals surface area contributed by atoms with Crippen LogP contribution in [0, 0.1) is 11.8 Å². The van der Waals surface area contributed by atoms with Crippen molar-refractivity contribution in [2.45, 2.75) is 40.7 Å². The van der Waals surface area contributed by atoms with Crippen LogP contribution in [-0.2, 0) is 17.8 Å². The largest absolute Gasteiger partial charge is 0.383 e. The highest BCUT2D eigenvalue weighted by Crippen LogP contribution is 2.20. The SMILES string of the molecule is CC(C)CN(C(=O)Cc1cnn(-c2ccccc2)c1)c1c(N)n(CC(C)C)c(=O)[nH]c1=O. The van der Waals surface area contributed by atoms with Gasteiger partial charge in [0, 0.05) is 19.3 Å². The Hall–Kier alpha value is -3.62. The third kappa shape index (κ3) is 5.16. The number of aromatic nitrogens is 4. The van der Waals surface area contributed by atoms with Crippen LogP contribution in [-0.4, -0.2) is 31.8 Å². The Morgan fingerprint density at radius 2 is 1.81 bits per heavy atom. The normalized spacial score (nSPS) is 11.3. The van der Waals surface area contributed by atoms with Gasteiger partial charge in [-0.2, -0.15) is 5.10 Å². The molecule has 0 unspecified atom stereocenters. The number of anilines is 2. The van der Waals surface area contributed by atoms with Gasteiger partial charge in [0.2, 0.25) is 5.91 Å². The first-order valence-electron chi connectivity index (χ1n) is 10.7. The fourth-order valence-corrected chi connectivity index (χ4v) is 3.51. The Morgan fingerprint density at radius 1 is 1.12 bits per heavy atom. The number of hydrogen-bond acceptors (Lipinski definition) is 5. The van der Waals surface area contributed by atoms with E-state index < -0.39 is 11.2 Å². The van der Waals surface area contributed by atoms with Crippen LogP contribution >= 0.6 is 0 Å². The fraction of sp³-hybridized carbons (Fsp3) is 0.391. The molecule has 32 heavy (non-hydrogen) atoms. The number of amides is 1. The Balaban J connectivity index is 1.95.